The van der Waals surface area contributed by atoms with Crippen molar-refractivity contribution >= 4 is 43.5 Å². The maximum atomic E-state index is 14.0. The van der Waals surface area contributed by atoms with Gasteiger partial charge in [-0.25, -0.2) is 8.42 Å². The van der Waals surface area contributed by atoms with Crippen LogP contribution in [-0.2, 0) is 26.2 Å². The lowest BCUT2D eigenvalue weighted by atomic mass is 10.1. The van der Waals surface area contributed by atoms with Crippen LogP contribution in [-0.4, -0.2) is 50.9 Å². The standard InChI is InChI=1S/C31H38BrN3O5S/c1-5-7-20-33-31(37)24(4)34(21-25-10-12-26(32)13-11-25)30(36)22-35(27-14-16-28(17-15-27)40-6-2)41(38,39)29-18-8-23(3)9-19-29/h8-19,24H,5-7,20-22H2,1-4H3,(H,33,37). The van der Waals surface area contributed by atoms with Gasteiger partial charge in [-0.1, -0.05) is 59.1 Å². The lowest BCUT2D eigenvalue weighted by Crippen LogP contribution is -2.51. The Morgan fingerprint density at radius 2 is 1.59 bits per heavy atom. The second kappa shape index (κ2) is 15.0. The average Bonchev–Trinajstić information content (AvgIpc) is 2.96. The molecule has 0 bridgehead atoms. The second-order valence-electron chi connectivity index (χ2n) is 9.72. The smallest absolute Gasteiger partial charge is 0.264 e. The summed E-state index contributed by atoms with van der Waals surface area (Å²) in [6.07, 6.45) is 1.74. The quantitative estimate of drug-likeness (QED) is 0.228. The molecule has 0 saturated heterocycles. The summed E-state index contributed by atoms with van der Waals surface area (Å²) in [5.41, 5.74) is 2.03. The van der Waals surface area contributed by atoms with Gasteiger partial charge in [0.25, 0.3) is 10.0 Å². The van der Waals surface area contributed by atoms with E-state index in [1.807, 2.05) is 45.0 Å². The highest BCUT2D eigenvalue weighted by Crippen LogP contribution is 2.27. The van der Waals surface area contributed by atoms with E-state index in [4.69, 9.17) is 4.74 Å². The van der Waals surface area contributed by atoms with Gasteiger partial charge in [0.2, 0.25) is 11.8 Å². The van der Waals surface area contributed by atoms with Gasteiger partial charge >= 0.3 is 0 Å². The number of benzene rings is 3. The Hall–Kier alpha value is -3.37. The number of nitrogens with one attached hydrogen (secondary N) is 1. The first-order chi connectivity index (χ1) is 19.6. The number of rotatable bonds is 14. The van der Waals surface area contributed by atoms with Crippen LogP contribution < -0.4 is 14.4 Å². The van der Waals surface area contributed by atoms with Gasteiger partial charge in [-0.15, -0.1) is 0 Å². The molecular formula is C31H38BrN3O5S. The van der Waals surface area contributed by atoms with Crippen LogP contribution in [0.2, 0.25) is 0 Å². The van der Waals surface area contributed by atoms with Crippen molar-refractivity contribution in [3.8, 4) is 5.75 Å². The number of ether oxygens (including phenoxy) is 1. The molecule has 220 valence electrons. The van der Waals surface area contributed by atoms with Gasteiger partial charge in [-0.05, 0) is 81.3 Å². The monoisotopic (exact) mass is 643 g/mol. The summed E-state index contributed by atoms with van der Waals surface area (Å²) in [5, 5.41) is 2.89. The van der Waals surface area contributed by atoms with Crippen LogP contribution >= 0.6 is 15.9 Å². The van der Waals surface area contributed by atoms with Gasteiger partial charge in [0.1, 0.15) is 18.3 Å². The fourth-order valence-corrected chi connectivity index (χ4v) is 5.83. The summed E-state index contributed by atoms with van der Waals surface area (Å²) in [6, 6.07) is 19.7. The van der Waals surface area contributed by atoms with E-state index >= 15 is 0 Å². The molecule has 0 heterocycles. The molecule has 0 fully saturated rings. The molecule has 8 nitrogen and oxygen atoms in total. The number of sulfonamides is 1. The largest absolute Gasteiger partial charge is 0.494 e. The molecule has 0 aliphatic rings. The molecule has 3 aromatic carbocycles. The van der Waals surface area contributed by atoms with Crippen molar-refractivity contribution in [3.63, 3.8) is 0 Å². The minimum absolute atomic E-state index is 0.0644. The van der Waals surface area contributed by atoms with E-state index in [1.54, 1.807) is 43.3 Å². The normalized spacial score (nSPS) is 11.9. The molecule has 0 radical (unpaired) electrons. The Morgan fingerprint density at radius 1 is 0.951 bits per heavy atom. The topological polar surface area (TPSA) is 96.0 Å². The van der Waals surface area contributed by atoms with E-state index in [-0.39, 0.29) is 17.3 Å². The lowest BCUT2D eigenvalue weighted by Gasteiger charge is -2.32. The maximum Gasteiger partial charge on any atom is 0.264 e. The molecule has 0 saturated carbocycles. The molecule has 0 aliphatic carbocycles. The Morgan fingerprint density at radius 3 is 2.17 bits per heavy atom. The van der Waals surface area contributed by atoms with Gasteiger partial charge in [-0.3, -0.25) is 13.9 Å². The molecule has 0 aliphatic heterocycles. The number of carbonyl (C=O) groups is 2. The van der Waals surface area contributed by atoms with Gasteiger partial charge < -0.3 is 15.0 Å². The molecular weight excluding hydrogens is 606 g/mol. The molecule has 3 rings (SSSR count). The minimum atomic E-state index is -4.13. The van der Waals surface area contributed by atoms with Crippen molar-refractivity contribution in [2.24, 2.45) is 0 Å². The van der Waals surface area contributed by atoms with Gasteiger partial charge in [0, 0.05) is 17.6 Å². The molecule has 1 N–H and O–H groups in total. The molecule has 1 atom stereocenters. The zero-order chi connectivity index (χ0) is 30.0. The van der Waals surface area contributed by atoms with Crippen molar-refractivity contribution in [1.82, 2.24) is 10.2 Å². The number of hydrogen-bond acceptors (Lipinski definition) is 5. The van der Waals surface area contributed by atoms with Crippen LogP contribution in [0, 0.1) is 6.92 Å². The molecule has 0 aromatic heterocycles. The van der Waals surface area contributed by atoms with Crippen LogP contribution in [0.25, 0.3) is 0 Å². The summed E-state index contributed by atoms with van der Waals surface area (Å²) in [4.78, 5) is 28.5. The molecule has 41 heavy (non-hydrogen) atoms. The summed E-state index contributed by atoms with van der Waals surface area (Å²) in [5.74, 6) is -0.210. The lowest BCUT2D eigenvalue weighted by molar-refractivity contribution is -0.139. The Balaban J connectivity index is 2.00. The van der Waals surface area contributed by atoms with Crippen LogP contribution in [0.1, 0.15) is 44.7 Å². The number of amides is 2. The molecule has 2 amide bonds. The number of anilines is 1. The summed E-state index contributed by atoms with van der Waals surface area (Å²) >= 11 is 3.42. The van der Waals surface area contributed by atoms with Gasteiger partial charge in [-0.2, -0.15) is 0 Å². The van der Waals surface area contributed by atoms with Crippen LogP contribution in [0.15, 0.2) is 82.2 Å². The molecule has 0 spiro atoms. The highest BCUT2D eigenvalue weighted by Gasteiger charge is 2.32. The predicted molar refractivity (Wildman–Crippen MR) is 165 cm³/mol. The Bertz CT molecular complexity index is 1400. The van der Waals surface area contributed by atoms with E-state index < -0.39 is 28.5 Å². The van der Waals surface area contributed by atoms with E-state index in [9.17, 15) is 18.0 Å². The first-order valence-corrected chi connectivity index (χ1v) is 15.9. The maximum absolute atomic E-state index is 14.0. The number of hydrogen-bond donors (Lipinski definition) is 1. The van der Waals surface area contributed by atoms with Crippen LogP contribution in [0.5, 0.6) is 5.75 Å². The van der Waals surface area contributed by atoms with E-state index in [0.717, 1.165) is 32.7 Å². The molecule has 10 heteroatoms. The molecule has 3 aromatic rings. The SMILES string of the molecule is CCCCNC(=O)C(C)N(Cc1ccc(Br)cc1)C(=O)CN(c1ccc(OCC)cc1)S(=O)(=O)c1ccc(C)cc1. The number of nitrogens with zero attached hydrogens (tertiary/aromatic N) is 2. The Labute approximate surface area is 251 Å². The van der Waals surface area contributed by atoms with Crippen LogP contribution in [0.4, 0.5) is 5.69 Å². The third-order valence-electron chi connectivity index (χ3n) is 6.59. The highest BCUT2D eigenvalue weighted by molar-refractivity contribution is 9.10. The van der Waals surface area contributed by atoms with Crippen molar-refractivity contribution in [2.75, 3.05) is 24.0 Å². The average molecular weight is 645 g/mol. The first-order valence-electron chi connectivity index (χ1n) is 13.7. The summed E-state index contributed by atoms with van der Waals surface area (Å²) in [6.45, 7) is 8.03. The third-order valence-corrected chi connectivity index (χ3v) is 8.90. The predicted octanol–water partition coefficient (Wildman–Crippen LogP) is 5.69. The van der Waals surface area contributed by atoms with Gasteiger partial charge in [0.15, 0.2) is 0 Å². The van der Waals surface area contributed by atoms with Crippen molar-refractivity contribution in [2.45, 2.75) is 58.0 Å². The minimum Gasteiger partial charge on any atom is -0.494 e. The number of carbonyl (C=O) groups excluding carboxylic acids is 2. The zero-order valence-electron chi connectivity index (χ0n) is 24.0. The van der Waals surface area contributed by atoms with Gasteiger partial charge in [0.05, 0.1) is 17.2 Å². The van der Waals surface area contributed by atoms with E-state index in [0.29, 0.717) is 24.6 Å². The van der Waals surface area contributed by atoms with E-state index in [2.05, 4.69) is 21.2 Å². The fourth-order valence-electron chi connectivity index (χ4n) is 4.15. The number of unbranched alkanes of at least 4 members (excludes halogenated alkanes) is 1. The van der Waals surface area contributed by atoms with Crippen molar-refractivity contribution < 1.29 is 22.7 Å². The Kier molecular flexibility index (Phi) is 11.8. The van der Waals surface area contributed by atoms with E-state index in [1.165, 1.54) is 17.0 Å². The first kappa shape index (κ1) is 32.1. The number of aryl methyl sites for hydroxylation is 1. The molecule has 1 unspecified atom stereocenters. The highest BCUT2D eigenvalue weighted by atomic mass is 79.9. The van der Waals surface area contributed by atoms with Crippen molar-refractivity contribution in [3.05, 3.63) is 88.4 Å². The number of halogens is 1. The fraction of sp³-hybridized carbons (Fsp3) is 0.355. The van der Waals surface area contributed by atoms with Crippen molar-refractivity contribution in [1.29, 1.82) is 0 Å². The third kappa shape index (κ3) is 8.81. The summed E-state index contributed by atoms with van der Waals surface area (Å²) < 4.78 is 35.4. The van der Waals surface area contributed by atoms with Crippen LogP contribution in [0.3, 0.4) is 0 Å². The second-order valence-corrected chi connectivity index (χ2v) is 12.5. The zero-order valence-corrected chi connectivity index (χ0v) is 26.4. The summed E-state index contributed by atoms with van der Waals surface area (Å²) in [7, 11) is -4.13.